The van der Waals surface area contributed by atoms with Crippen LogP contribution in [-0.4, -0.2) is 43.9 Å². The molecular formula is C22H23N3O5. The molecule has 30 heavy (non-hydrogen) atoms. The fourth-order valence-electron chi connectivity index (χ4n) is 3.74. The van der Waals surface area contributed by atoms with Gasteiger partial charge in [0.1, 0.15) is 35.1 Å². The van der Waals surface area contributed by atoms with Crippen LogP contribution in [0.3, 0.4) is 0 Å². The van der Waals surface area contributed by atoms with Gasteiger partial charge in [0.25, 0.3) is 0 Å². The standard InChI is InChI=1S/C22H23N3O5/c1-27-13-6-8-18(29-3)17(9-13)25-12-23-21-16(11-20(26)24-22(21)25)15-7-5-14(28-2)10-19(15)30-4/h5-10,12,16H,11H2,1-4H3,(H,24,26). The zero-order valence-electron chi connectivity index (χ0n) is 17.3. The first-order chi connectivity index (χ1) is 14.6. The van der Waals surface area contributed by atoms with Gasteiger partial charge in [-0.25, -0.2) is 4.98 Å². The van der Waals surface area contributed by atoms with E-state index in [9.17, 15) is 4.79 Å². The summed E-state index contributed by atoms with van der Waals surface area (Å²) in [5.74, 6) is 2.87. The van der Waals surface area contributed by atoms with E-state index in [1.165, 1.54) is 0 Å². The van der Waals surface area contributed by atoms with Gasteiger partial charge >= 0.3 is 0 Å². The molecule has 8 heteroatoms. The third-order valence-electron chi connectivity index (χ3n) is 5.23. The first-order valence-electron chi connectivity index (χ1n) is 9.41. The Hall–Kier alpha value is -3.68. The van der Waals surface area contributed by atoms with Gasteiger partial charge in [0.2, 0.25) is 5.91 Å². The summed E-state index contributed by atoms with van der Waals surface area (Å²) in [6.07, 6.45) is 1.94. The van der Waals surface area contributed by atoms with Crippen LogP contribution in [0.4, 0.5) is 5.82 Å². The summed E-state index contributed by atoms with van der Waals surface area (Å²) >= 11 is 0. The van der Waals surface area contributed by atoms with Crippen LogP contribution in [0.1, 0.15) is 23.6 Å². The molecule has 156 valence electrons. The van der Waals surface area contributed by atoms with Crippen molar-refractivity contribution in [3.05, 3.63) is 54.0 Å². The van der Waals surface area contributed by atoms with Crippen LogP contribution in [0.15, 0.2) is 42.7 Å². The van der Waals surface area contributed by atoms with E-state index >= 15 is 0 Å². The molecule has 0 fully saturated rings. The van der Waals surface area contributed by atoms with E-state index in [1.807, 2.05) is 36.4 Å². The molecule has 1 aliphatic rings. The van der Waals surface area contributed by atoms with Crippen LogP contribution >= 0.6 is 0 Å². The Morgan fingerprint density at radius 1 is 0.933 bits per heavy atom. The molecule has 0 radical (unpaired) electrons. The second kappa shape index (κ2) is 7.98. The molecule has 1 atom stereocenters. The number of imidazole rings is 1. The quantitative estimate of drug-likeness (QED) is 0.672. The van der Waals surface area contributed by atoms with Crippen LogP contribution in [0, 0.1) is 0 Å². The Labute approximate surface area is 174 Å². The largest absolute Gasteiger partial charge is 0.497 e. The molecule has 4 rings (SSSR count). The predicted molar refractivity (Wildman–Crippen MR) is 111 cm³/mol. The average Bonchev–Trinajstić information content (AvgIpc) is 3.21. The van der Waals surface area contributed by atoms with Crippen LogP contribution in [0.25, 0.3) is 5.69 Å². The number of hydrogen-bond acceptors (Lipinski definition) is 6. The molecule has 0 aliphatic carbocycles. The fraction of sp³-hybridized carbons (Fsp3) is 0.273. The molecule has 1 amide bonds. The van der Waals surface area contributed by atoms with Crippen molar-refractivity contribution < 1.29 is 23.7 Å². The SMILES string of the molecule is COc1ccc(C2CC(=O)Nc3c2ncn3-c2cc(OC)ccc2OC)c(OC)c1. The summed E-state index contributed by atoms with van der Waals surface area (Å²) in [7, 11) is 6.40. The molecule has 0 spiro atoms. The lowest BCUT2D eigenvalue weighted by Gasteiger charge is -2.25. The zero-order valence-corrected chi connectivity index (χ0v) is 17.3. The Morgan fingerprint density at radius 3 is 2.33 bits per heavy atom. The van der Waals surface area contributed by atoms with Gasteiger partial charge in [-0.1, -0.05) is 6.07 Å². The van der Waals surface area contributed by atoms with E-state index < -0.39 is 0 Å². The molecule has 3 aromatic rings. The highest BCUT2D eigenvalue weighted by molar-refractivity contribution is 5.94. The average molecular weight is 409 g/mol. The van der Waals surface area contributed by atoms with Gasteiger partial charge in [0.05, 0.1) is 39.8 Å². The van der Waals surface area contributed by atoms with Crippen molar-refractivity contribution >= 4 is 11.7 Å². The minimum atomic E-state index is -0.257. The number of amides is 1. The minimum absolute atomic E-state index is 0.103. The number of aromatic nitrogens is 2. The van der Waals surface area contributed by atoms with Crippen molar-refractivity contribution in [1.82, 2.24) is 9.55 Å². The smallest absolute Gasteiger partial charge is 0.226 e. The zero-order chi connectivity index (χ0) is 21.3. The molecule has 0 saturated heterocycles. The normalized spacial score (nSPS) is 15.2. The van der Waals surface area contributed by atoms with Gasteiger partial charge in [-0.3, -0.25) is 9.36 Å². The third-order valence-corrected chi connectivity index (χ3v) is 5.23. The molecule has 1 unspecified atom stereocenters. The van der Waals surface area contributed by atoms with Crippen LogP contribution < -0.4 is 24.3 Å². The van der Waals surface area contributed by atoms with E-state index in [0.717, 1.165) is 11.3 Å². The summed E-state index contributed by atoms with van der Waals surface area (Å²) in [5.41, 5.74) is 2.34. The number of carbonyl (C=O) groups excluding carboxylic acids is 1. The summed E-state index contributed by atoms with van der Waals surface area (Å²) in [6.45, 7) is 0. The van der Waals surface area contributed by atoms with Crippen LogP contribution in [-0.2, 0) is 4.79 Å². The highest BCUT2D eigenvalue weighted by atomic mass is 16.5. The van der Waals surface area contributed by atoms with Crippen molar-refractivity contribution in [1.29, 1.82) is 0 Å². The second-order valence-corrected chi connectivity index (χ2v) is 6.80. The number of carbonyl (C=O) groups is 1. The van der Waals surface area contributed by atoms with Crippen molar-refractivity contribution in [2.24, 2.45) is 0 Å². The molecule has 0 bridgehead atoms. The maximum absolute atomic E-state index is 12.6. The summed E-state index contributed by atoms with van der Waals surface area (Å²) in [6, 6.07) is 11.0. The fourth-order valence-corrected chi connectivity index (χ4v) is 3.74. The number of anilines is 1. The highest BCUT2D eigenvalue weighted by Gasteiger charge is 2.33. The van der Waals surface area contributed by atoms with Crippen LogP contribution in [0.2, 0.25) is 0 Å². The van der Waals surface area contributed by atoms with E-state index in [-0.39, 0.29) is 18.2 Å². The van der Waals surface area contributed by atoms with E-state index in [0.29, 0.717) is 34.5 Å². The molecular weight excluding hydrogens is 386 g/mol. The Bertz CT molecular complexity index is 1090. The number of benzene rings is 2. The molecule has 1 aliphatic heterocycles. The Balaban J connectivity index is 1.85. The van der Waals surface area contributed by atoms with E-state index in [4.69, 9.17) is 18.9 Å². The Morgan fingerprint density at radius 2 is 1.63 bits per heavy atom. The number of ether oxygens (including phenoxy) is 4. The molecule has 0 saturated carbocycles. The lowest BCUT2D eigenvalue weighted by atomic mass is 9.89. The predicted octanol–water partition coefficient (Wildman–Crippen LogP) is 3.38. The lowest BCUT2D eigenvalue weighted by molar-refractivity contribution is -0.116. The van der Waals surface area contributed by atoms with Gasteiger partial charge < -0.3 is 24.3 Å². The summed E-state index contributed by atoms with van der Waals surface area (Å²) in [4.78, 5) is 17.3. The van der Waals surface area contributed by atoms with Crippen molar-refractivity contribution in [2.75, 3.05) is 33.8 Å². The number of fused-ring (bicyclic) bond motifs is 1. The van der Waals surface area contributed by atoms with Crippen molar-refractivity contribution in [3.63, 3.8) is 0 Å². The lowest BCUT2D eigenvalue weighted by Crippen LogP contribution is -2.25. The first kappa shape index (κ1) is 19.6. The van der Waals surface area contributed by atoms with Gasteiger partial charge in [0.15, 0.2) is 0 Å². The van der Waals surface area contributed by atoms with E-state index in [1.54, 1.807) is 39.3 Å². The maximum atomic E-state index is 12.6. The minimum Gasteiger partial charge on any atom is -0.497 e. The Kier molecular flexibility index (Phi) is 5.22. The number of hydrogen-bond donors (Lipinski definition) is 1. The third kappa shape index (κ3) is 3.30. The monoisotopic (exact) mass is 409 g/mol. The number of nitrogens with zero attached hydrogens (tertiary/aromatic N) is 2. The maximum Gasteiger partial charge on any atom is 0.226 e. The van der Waals surface area contributed by atoms with Gasteiger partial charge in [-0.2, -0.15) is 0 Å². The van der Waals surface area contributed by atoms with Crippen LogP contribution in [0.5, 0.6) is 23.0 Å². The van der Waals surface area contributed by atoms with Gasteiger partial charge in [-0.15, -0.1) is 0 Å². The summed E-state index contributed by atoms with van der Waals surface area (Å²) in [5, 5.41) is 2.96. The van der Waals surface area contributed by atoms with Crippen molar-refractivity contribution in [3.8, 4) is 28.7 Å². The summed E-state index contributed by atoms with van der Waals surface area (Å²) < 4.78 is 23.5. The molecule has 1 N–H and O–H groups in total. The number of nitrogens with one attached hydrogen (secondary N) is 1. The highest BCUT2D eigenvalue weighted by Crippen LogP contribution is 2.42. The molecule has 2 heterocycles. The topological polar surface area (TPSA) is 83.8 Å². The number of methoxy groups -OCH3 is 4. The van der Waals surface area contributed by atoms with E-state index in [2.05, 4.69) is 10.3 Å². The number of rotatable bonds is 6. The molecule has 1 aromatic heterocycles. The van der Waals surface area contributed by atoms with Gasteiger partial charge in [-0.05, 0) is 18.2 Å². The second-order valence-electron chi connectivity index (χ2n) is 6.80. The molecule has 8 nitrogen and oxygen atoms in total. The molecule has 2 aromatic carbocycles. The van der Waals surface area contributed by atoms with Gasteiger partial charge in [0, 0.05) is 30.0 Å². The van der Waals surface area contributed by atoms with Crippen molar-refractivity contribution in [2.45, 2.75) is 12.3 Å². The first-order valence-corrected chi connectivity index (χ1v) is 9.41.